The normalized spacial score (nSPS) is 10.7. The number of benzene rings is 2. The average Bonchev–Trinajstić information content (AvgIpc) is 2.89. The minimum atomic E-state index is -0.396. The fourth-order valence-electron chi connectivity index (χ4n) is 2.91. The van der Waals surface area contributed by atoms with Crippen LogP contribution in [0.25, 0.3) is 5.69 Å². The lowest BCUT2D eigenvalue weighted by atomic mass is 10.1. The summed E-state index contributed by atoms with van der Waals surface area (Å²) in [6, 6.07) is 14.1. The van der Waals surface area contributed by atoms with Gasteiger partial charge in [-0.15, -0.1) is 0 Å². The Labute approximate surface area is 144 Å². The van der Waals surface area contributed by atoms with E-state index >= 15 is 0 Å². The zero-order valence-electron chi connectivity index (χ0n) is 14.0. The Morgan fingerprint density at radius 2 is 1.72 bits per heavy atom. The van der Waals surface area contributed by atoms with Gasteiger partial charge in [0.1, 0.15) is 11.6 Å². The van der Waals surface area contributed by atoms with Crippen LogP contribution in [-0.2, 0) is 0 Å². The van der Waals surface area contributed by atoms with Crippen molar-refractivity contribution in [2.75, 3.05) is 11.9 Å². The van der Waals surface area contributed by atoms with Gasteiger partial charge in [-0.3, -0.25) is 4.79 Å². The number of halogens is 2. The summed E-state index contributed by atoms with van der Waals surface area (Å²) in [4.78, 5) is 12.5. The third-order valence-corrected chi connectivity index (χ3v) is 4.13. The number of hydrogen-bond acceptors (Lipinski definition) is 2. The number of Topliss-reactive ketones (excluding diaryl/α,β-unsaturated/α-hetero) is 1. The van der Waals surface area contributed by atoms with Crippen molar-refractivity contribution in [3.8, 4) is 5.69 Å². The van der Waals surface area contributed by atoms with E-state index in [4.69, 9.17) is 0 Å². The van der Waals surface area contributed by atoms with E-state index in [0.717, 1.165) is 17.1 Å². The molecule has 0 unspecified atom stereocenters. The second-order valence-corrected chi connectivity index (χ2v) is 5.85. The Bertz CT molecular complexity index is 914. The maximum absolute atomic E-state index is 13.6. The van der Waals surface area contributed by atoms with Crippen LogP contribution in [0.1, 0.15) is 21.7 Å². The molecule has 3 nitrogen and oxygen atoms in total. The summed E-state index contributed by atoms with van der Waals surface area (Å²) in [6.45, 7) is 3.72. The maximum Gasteiger partial charge on any atom is 0.183 e. The summed E-state index contributed by atoms with van der Waals surface area (Å²) >= 11 is 0. The number of aryl methyl sites for hydroxylation is 1. The van der Waals surface area contributed by atoms with E-state index in [0.29, 0.717) is 11.3 Å². The van der Waals surface area contributed by atoms with E-state index in [2.05, 4.69) is 5.32 Å². The molecule has 3 rings (SSSR count). The minimum Gasteiger partial charge on any atom is -0.375 e. The molecule has 0 aliphatic rings. The SMILES string of the molecule is Cc1cc(C(=O)CNc2ccccc2F)c(C)n1-c1ccc(F)cc1. The first kappa shape index (κ1) is 16.9. The van der Waals surface area contributed by atoms with E-state index in [1.165, 1.54) is 18.2 Å². The summed E-state index contributed by atoms with van der Waals surface area (Å²) in [5.41, 5.74) is 3.29. The molecule has 1 heterocycles. The lowest BCUT2D eigenvalue weighted by Crippen LogP contribution is -2.15. The topological polar surface area (TPSA) is 34.0 Å². The van der Waals surface area contributed by atoms with E-state index in [9.17, 15) is 13.6 Å². The van der Waals surface area contributed by atoms with E-state index in [1.54, 1.807) is 36.4 Å². The summed E-state index contributed by atoms with van der Waals surface area (Å²) in [7, 11) is 0. The number of para-hydroxylation sites is 1. The summed E-state index contributed by atoms with van der Waals surface area (Å²) < 4.78 is 28.7. The molecule has 5 heteroatoms. The van der Waals surface area contributed by atoms with Gasteiger partial charge < -0.3 is 9.88 Å². The molecule has 0 saturated heterocycles. The number of carbonyl (C=O) groups is 1. The van der Waals surface area contributed by atoms with Crippen LogP contribution in [0.5, 0.6) is 0 Å². The second kappa shape index (κ2) is 6.89. The van der Waals surface area contributed by atoms with Crippen LogP contribution in [0.2, 0.25) is 0 Å². The molecule has 1 N–H and O–H groups in total. The molecule has 0 amide bonds. The van der Waals surface area contributed by atoms with E-state index in [-0.39, 0.29) is 18.1 Å². The second-order valence-electron chi connectivity index (χ2n) is 5.85. The Morgan fingerprint density at radius 1 is 1.04 bits per heavy atom. The molecular weight excluding hydrogens is 322 g/mol. The Kier molecular flexibility index (Phi) is 4.65. The molecule has 3 aromatic rings. The fraction of sp³-hybridized carbons (Fsp3) is 0.150. The van der Waals surface area contributed by atoms with Crippen molar-refractivity contribution in [1.29, 1.82) is 0 Å². The first-order valence-electron chi connectivity index (χ1n) is 7.94. The van der Waals surface area contributed by atoms with Crippen LogP contribution in [0.4, 0.5) is 14.5 Å². The lowest BCUT2D eigenvalue weighted by Gasteiger charge is -2.10. The molecule has 0 fully saturated rings. The predicted molar refractivity (Wildman–Crippen MR) is 94.4 cm³/mol. The summed E-state index contributed by atoms with van der Waals surface area (Å²) in [5, 5.41) is 2.83. The number of ketones is 1. The van der Waals surface area contributed by atoms with Gasteiger partial charge in [-0.25, -0.2) is 8.78 Å². The third-order valence-electron chi connectivity index (χ3n) is 4.13. The van der Waals surface area contributed by atoms with Crippen molar-refractivity contribution in [3.63, 3.8) is 0 Å². The quantitative estimate of drug-likeness (QED) is 0.685. The maximum atomic E-state index is 13.6. The zero-order chi connectivity index (χ0) is 18.0. The molecule has 2 aromatic carbocycles. The Hall–Kier alpha value is -2.95. The largest absolute Gasteiger partial charge is 0.375 e. The fourth-order valence-corrected chi connectivity index (χ4v) is 2.91. The number of hydrogen-bond donors (Lipinski definition) is 1. The van der Waals surface area contributed by atoms with Crippen molar-refractivity contribution in [2.24, 2.45) is 0 Å². The van der Waals surface area contributed by atoms with Gasteiger partial charge in [-0.1, -0.05) is 12.1 Å². The third kappa shape index (κ3) is 3.45. The highest BCUT2D eigenvalue weighted by atomic mass is 19.1. The minimum absolute atomic E-state index is 0.00531. The number of anilines is 1. The number of carbonyl (C=O) groups excluding carboxylic acids is 1. The molecule has 0 aliphatic heterocycles. The molecule has 0 radical (unpaired) electrons. The highest BCUT2D eigenvalue weighted by Gasteiger charge is 2.17. The highest BCUT2D eigenvalue weighted by molar-refractivity contribution is 6.00. The smallest absolute Gasteiger partial charge is 0.183 e. The summed E-state index contributed by atoms with van der Waals surface area (Å²) in [6.07, 6.45) is 0. The van der Waals surface area contributed by atoms with Crippen molar-refractivity contribution in [1.82, 2.24) is 4.57 Å². The first-order valence-corrected chi connectivity index (χ1v) is 7.94. The number of rotatable bonds is 5. The Balaban J connectivity index is 1.83. The van der Waals surface area contributed by atoms with Gasteiger partial charge in [0, 0.05) is 22.6 Å². The van der Waals surface area contributed by atoms with Crippen LogP contribution in [-0.4, -0.2) is 16.9 Å². The predicted octanol–water partition coefficient (Wildman–Crippen LogP) is 4.67. The van der Waals surface area contributed by atoms with E-state index < -0.39 is 5.82 Å². The lowest BCUT2D eigenvalue weighted by molar-refractivity contribution is 0.101. The first-order chi connectivity index (χ1) is 12.0. The molecule has 0 atom stereocenters. The molecular formula is C20H18F2N2O. The molecule has 1 aromatic heterocycles. The van der Waals surface area contributed by atoms with Gasteiger partial charge in [-0.05, 0) is 56.3 Å². The van der Waals surface area contributed by atoms with Crippen molar-refractivity contribution in [3.05, 3.63) is 83.2 Å². The van der Waals surface area contributed by atoms with Crippen molar-refractivity contribution in [2.45, 2.75) is 13.8 Å². The van der Waals surface area contributed by atoms with Gasteiger partial charge >= 0.3 is 0 Å². The van der Waals surface area contributed by atoms with Crippen LogP contribution in [0.3, 0.4) is 0 Å². The van der Waals surface area contributed by atoms with Crippen LogP contribution >= 0.6 is 0 Å². The molecule has 128 valence electrons. The average molecular weight is 340 g/mol. The zero-order valence-corrected chi connectivity index (χ0v) is 14.0. The summed E-state index contributed by atoms with van der Waals surface area (Å²) in [5.74, 6) is -0.839. The number of nitrogens with one attached hydrogen (secondary N) is 1. The standard InChI is InChI=1S/C20H18F2N2O/c1-13-11-17(14(2)24(13)16-9-7-15(21)8-10-16)20(25)12-23-19-6-4-3-5-18(19)22/h3-11,23H,12H2,1-2H3. The Morgan fingerprint density at radius 3 is 2.40 bits per heavy atom. The molecule has 25 heavy (non-hydrogen) atoms. The molecule has 0 saturated carbocycles. The van der Waals surface area contributed by atoms with Crippen LogP contribution in [0, 0.1) is 25.5 Å². The van der Waals surface area contributed by atoms with Crippen LogP contribution in [0.15, 0.2) is 54.6 Å². The number of nitrogens with zero attached hydrogens (tertiary/aromatic N) is 1. The van der Waals surface area contributed by atoms with Gasteiger partial charge in [0.15, 0.2) is 5.78 Å². The molecule has 0 spiro atoms. The van der Waals surface area contributed by atoms with Crippen LogP contribution < -0.4 is 5.32 Å². The van der Waals surface area contributed by atoms with E-state index in [1.807, 2.05) is 18.4 Å². The van der Waals surface area contributed by atoms with Crippen molar-refractivity contribution >= 4 is 11.5 Å². The number of aromatic nitrogens is 1. The van der Waals surface area contributed by atoms with Gasteiger partial charge in [-0.2, -0.15) is 0 Å². The van der Waals surface area contributed by atoms with Gasteiger partial charge in [0.25, 0.3) is 0 Å². The van der Waals surface area contributed by atoms with Gasteiger partial charge in [0.2, 0.25) is 0 Å². The monoisotopic (exact) mass is 340 g/mol. The molecule has 0 aliphatic carbocycles. The highest BCUT2D eigenvalue weighted by Crippen LogP contribution is 2.22. The molecule has 0 bridgehead atoms. The van der Waals surface area contributed by atoms with Crippen molar-refractivity contribution < 1.29 is 13.6 Å². The van der Waals surface area contributed by atoms with Gasteiger partial charge in [0.05, 0.1) is 12.2 Å².